The summed E-state index contributed by atoms with van der Waals surface area (Å²) in [4.78, 5) is 0. The first-order valence-electron chi connectivity index (χ1n) is 5.40. The molecular weight excluding hydrogens is 209 g/mol. The number of hydrogen-bond donors (Lipinski definition) is 2. The molecule has 3 nitrogen and oxygen atoms in total. The number of aliphatic hydroxyl groups excluding tert-OH is 1. The second-order valence-electron chi connectivity index (χ2n) is 3.70. The van der Waals surface area contributed by atoms with E-state index in [0.717, 1.165) is 0 Å². The summed E-state index contributed by atoms with van der Waals surface area (Å²) in [5, 5.41) is 9.08. The van der Waals surface area contributed by atoms with Crippen LogP contribution in [0.4, 0.5) is 4.39 Å². The topological polar surface area (TPSA) is 55.5 Å². The van der Waals surface area contributed by atoms with Gasteiger partial charge in [0.1, 0.15) is 5.82 Å². The van der Waals surface area contributed by atoms with Gasteiger partial charge >= 0.3 is 0 Å². The van der Waals surface area contributed by atoms with Gasteiger partial charge in [-0.1, -0.05) is 25.1 Å². The van der Waals surface area contributed by atoms with E-state index in [1.54, 1.807) is 18.2 Å². The average molecular weight is 227 g/mol. The fourth-order valence-electron chi connectivity index (χ4n) is 1.39. The van der Waals surface area contributed by atoms with E-state index in [4.69, 9.17) is 15.6 Å². The molecule has 1 aromatic carbocycles. The molecule has 0 heterocycles. The van der Waals surface area contributed by atoms with Crippen LogP contribution in [0.3, 0.4) is 0 Å². The molecule has 4 heteroatoms. The maximum absolute atomic E-state index is 13.3. The molecule has 0 aromatic heterocycles. The molecule has 0 saturated carbocycles. The summed E-state index contributed by atoms with van der Waals surface area (Å²) >= 11 is 0. The van der Waals surface area contributed by atoms with Crippen molar-refractivity contribution in [3.63, 3.8) is 0 Å². The highest BCUT2D eigenvalue weighted by Gasteiger charge is 2.16. The highest BCUT2D eigenvalue weighted by Crippen LogP contribution is 2.10. The zero-order valence-corrected chi connectivity index (χ0v) is 9.40. The minimum atomic E-state index is -0.440. The van der Waals surface area contributed by atoms with Crippen LogP contribution in [-0.2, 0) is 11.3 Å². The van der Waals surface area contributed by atoms with Gasteiger partial charge in [-0.05, 0) is 12.5 Å². The van der Waals surface area contributed by atoms with Gasteiger partial charge in [-0.15, -0.1) is 0 Å². The molecule has 0 aliphatic carbocycles. The predicted octanol–water partition coefficient (Wildman–Crippen LogP) is 1.44. The van der Waals surface area contributed by atoms with Crippen LogP contribution in [-0.4, -0.2) is 23.9 Å². The highest BCUT2D eigenvalue weighted by atomic mass is 19.1. The molecule has 0 aliphatic heterocycles. The predicted molar refractivity (Wildman–Crippen MR) is 60.3 cm³/mol. The summed E-state index contributed by atoms with van der Waals surface area (Å²) in [6, 6.07) is 6.18. The Morgan fingerprint density at radius 2 is 2.12 bits per heavy atom. The SMILES string of the molecule is CCC(N)C(CO)OCc1ccccc1F. The number of aliphatic hydroxyl groups is 1. The maximum atomic E-state index is 13.3. The molecule has 0 radical (unpaired) electrons. The van der Waals surface area contributed by atoms with Gasteiger partial charge in [-0.3, -0.25) is 0 Å². The van der Waals surface area contributed by atoms with E-state index in [1.807, 2.05) is 6.92 Å². The minimum Gasteiger partial charge on any atom is -0.394 e. The van der Waals surface area contributed by atoms with Crippen molar-refractivity contribution in [2.24, 2.45) is 5.73 Å². The molecule has 2 unspecified atom stereocenters. The smallest absolute Gasteiger partial charge is 0.128 e. The molecule has 90 valence electrons. The minimum absolute atomic E-state index is 0.131. The molecule has 3 N–H and O–H groups in total. The van der Waals surface area contributed by atoms with Crippen LogP contribution in [0, 0.1) is 5.82 Å². The fourth-order valence-corrected chi connectivity index (χ4v) is 1.39. The first kappa shape index (κ1) is 13.1. The Kier molecular flexibility index (Phi) is 5.38. The van der Waals surface area contributed by atoms with Crippen LogP contribution < -0.4 is 5.73 Å². The van der Waals surface area contributed by atoms with Gasteiger partial charge in [0.2, 0.25) is 0 Å². The quantitative estimate of drug-likeness (QED) is 0.773. The summed E-state index contributed by atoms with van der Waals surface area (Å²) in [6.45, 7) is 1.90. The number of hydrogen-bond acceptors (Lipinski definition) is 3. The van der Waals surface area contributed by atoms with Crippen LogP contribution in [0.15, 0.2) is 24.3 Å². The van der Waals surface area contributed by atoms with Gasteiger partial charge in [-0.2, -0.15) is 0 Å². The second-order valence-corrected chi connectivity index (χ2v) is 3.70. The van der Waals surface area contributed by atoms with Crippen LogP contribution in [0.1, 0.15) is 18.9 Å². The first-order chi connectivity index (χ1) is 7.69. The Morgan fingerprint density at radius 3 is 2.69 bits per heavy atom. The summed E-state index contributed by atoms with van der Waals surface area (Å²) in [5.74, 6) is -0.302. The summed E-state index contributed by atoms with van der Waals surface area (Å²) in [5.41, 5.74) is 6.23. The van der Waals surface area contributed by atoms with Crippen LogP contribution >= 0.6 is 0 Å². The van der Waals surface area contributed by atoms with Gasteiger partial charge in [-0.25, -0.2) is 4.39 Å². The molecular formula is C12H18FNO2. The fraction of sp³-hybridized carbons (Fsp3) is 0.500. The van der Waals surface area contributed by atoms with Gasteiger partial charge in [0.15, 0.2) is 0 Å². The van der Waals surface area contributed by atoms with Crippen molar-refractivity contribution >= 4 is 0 Å². The third-order valence-corrected chi connectivity index (χ3v) is 2.54. The van der Waals surface area contributed by atoms with Crippen LogP contribution in [0.2, 0.25) is 0 Å². The molecule has 0 fully saturated rings. The monoisotopic (exact) mass is 227 g/mol. The Bertz CT molecular complexity index is 320. The van der Waals surface area contributed by atoms with Crippen molar-refractivity contribution in [3.05, 3.63) is 35.6 Å². The summed E-state index contributed by atoms with van der Waals surface area (Å²) in [6.07, 6.45) is 0.271. The zero-order valence-electron chi connectivity index (χ0n) is 9.40. The largest absolute Gasteiger partial charge is 0.394 e. The molecule has 0 bridgehead atoms. The van der Waals surface area contributed by atoms with E-state index in [-0.39, 0.29) is 25.1 Å². The zero-order chi connectivity index (χ0) is 12.0. The third kappa shape index (κ3) is 3.56. The van der Waals surface area contributed by atoms with Gasteiger partial charge in [0.05, 0.1) is 19.3 Å². The van der Waals surface area contributed by atoms with E-state index in [9.17, 15) is 4.39 Å². The molecule has 1 aromatic rings. The lowest BCUT2D eigenvalue weighted by Crippen LogP contribution is -2.38. The number of benzene rings is 1. The number of ether oxygens (including phenoxy) is 1. The van der Waals surface area contributed by atoms with E-state index in [2.05, 4.69) is 0 Å². The first-order valence-corrected chi connectivity index (χ1v) is 5.40. The van der Waals surface area contributed by atoms with E-state index < -0.39 is 6.10 Å². The second kappa shape index (κ2) is 6.58. The van der Waals surface area contributed by atoms with Crippen molar-refractivity contribution in [1.82, 2.24) is 0 Å². The van der Waals surface area contributed by atoms with Crippen LogP contribution in [0.5, 0.6) is 0 Å². The van der Waals surface area contributed by atoms with E-state index >= 15 is 0 Å². The number of rotatable bonds is 6. The Hall–Kier alpha value is -0.970. The average Bonchev–Trinajstić information content (AvgIpc) is 2.31. The molecule has 0 spiro atoms. The molecule has 0 amide bonds. The van der Waals surface area contributed by atoms with Crippen molar-refractivity contribution in [2.75, 3.05) is 6.61 Å². The maximum Gasteiger partial charge on any atom is 0.128 e. The van der Waals surface area contributed by atoms with Gasteiger partial charge in [0.25, 0.3) is 0 Å². The highest BCUT2D eigenvalue weighted by molar-refractivity contribution is 5.16. The molecule has 0 saturated heterocycles. The van der Waals surface area contributed by atoms with Crippen molar-refractivity contribution in [1.29, 1.82) is 0 Å². The normalized spacial score (nSPS) is 14.8. The Balaban J connectivity index is 2.53. The Morgan fingerprint density at radius 1 is 1.44 bits per heavy atom. The summed E-state index contributed by atoms with van der Waals surface area (Å²) in [7, 11) is 0. The molecule has 1 rings (SSSR count). The Labute approximate surface area is 95.0 Å². The van der Waals surface area contributed by atoms with Crippen molar-refractivity contribution < 1.29 is 14.2 Å². The van der Waals surface area contributed by atoms with Gasteiger partial charge < -0.3 is 15.6 Å². The lowest BCUT2D eigenvalue weighted by molar-refractivity contribution is -0.0138. The van der Waals surface area contributed by atoms with Crippen LogP contribution in [0.25, 0.3) is 0 Å². The molecule has 0 aliphatic rings. The molecule has 16 heavy (non-hydrogen) atoms. The van der Waals surface area contributed by atoms with Gasteiger partial charge in [0, 0.05) is 11.6 Å². The van der Waals surface area contributed by atoms with Crippen molar-refractivity contribution in [2.45, 2.75) is 32.1 Å². The van der Waals surface area contributed by atoms with Crippen molar-refractivity contribution in [3.8, 4) is 0 Å². The van der Waals surface area contributed by atoms with E-state index in [0.29, 0.717) is 12.0 Å². The standard InChI is InChI=1S/C12H18FNO2/c1-2-11(14)12(7-15)16-8-9-5-3-4-6-10(9)13/h3-6,11-12,15H,2,7-8,14H2,1H3. The lowest BCUT2D eigenvalue weighted by Gasteiger charge is -2.21. The molecule has 2 atom stereocenters. The van der Waals surface area contributed by atoms with E-state index in [1.165, 1.54) is 6.07 Å². The lowest BCUT2D eigenvalue weighted by atomic mass is 10.1. The summed E-state index contributed by atoms with van der Waals surface area (Å²) < 4.78 is 18.6. The third-order valence-electron chi connectivity index (χ3n) is 2.54. The number of nitrogens with two attached hydrogens (primary N) is 1. The number of halogens is 1.